The fourth-order valence-electron chi connectivity index (χ4n) is 3.41. The molecule has 0 fully saturated rings. The van der Waals surface area contributed by atoms with Crippen LogP contribution < -0.4 is 10.6 Å². The summed E-state index contributed by atoms with van der Waals surface area (Å²) < 4.78 is 42.6. The van der Waals surface area contributed by atoms with Gasteiger partial charge in [0.2, 0.25) is 5.91 Å². The fraction of sp³-hybridized carbons (Fsp3) is 0.292. The lowest BCUT2D eigenvalue weighted by Gasteiger charge is -2.14. The number of benzene rings is 2. The van der Waals surface area contributed by atoms with Crippen molar-refractivity contribution in [1.82, 2.24) is 9.78 Å². The lowest BCUT2D eigenvalue weighted by molar-refractivity contribution is -0.143. The fourth-order valence-corrected chi connectivity index (χ4v) is 3.64. The average Bonchev–Trinajstić information content (AvgIpc) is 3.19. The van der Waals surface area contributed by atoms with Gasteiger partial charge in [-0.1, -0.05) is 44.5 Å². The number of nitrogens with zero attached hydrogens (tertiary/aromatic N) is 2. The molecule has 0 aliphatic heterocycles. The monoisotopic (exact) mass is 492 g/mol. The summed E-state index contributed by atoms with van der Waals surface area (Å²) in [5, 5.41) is 9.04. The van der Waals surface area contributed by atoms with E-state index in [1.807, 2.05) is 0 Å². The summed E-state index contributed by atoms with van der Waals surface area (Å²) in [6.07, 6.45) is -2.95. The highest BCUT2D eigenvalue weighted by atomic mass is 35.5. The maximum absolute atomic E-state index is 14.0. The van der Waals surface area contributed by atoms with E-state index in [4.69, 9.17) is 11.6 Å². The van der Waals surface area contributed by atoms with E-state index in [1.165, 1.54) is 18.2 Å². The summed E-state index contributed by atoms with van der Waals surface area (Å²) >= 11 is 6.04. The third kappa shape index (κ3) is 6.17. The van der Waals surface area contributed by atoms with Crippen LogP contribution in [0.2, 0.25) is 5.02 Å². The van der Waals surface area contributed by atoms with Crippen LogP contribution in [-0.4, -0.2) is 21.6 Å². The molecule has 180 valence electrons. The summed E-state index contributed by atoms with van der Waals surface area (Å²) in [5.41, 5.74) is -0.220. The number of hydrogen-bond acceptors (Lipinski definition) is 3. The number of aromatic nitrogens is 2. The molecule has 2 amide bonds. The lowest BCUT2D eigenvalue weighted by atomic mass is 10.0. The maximum atomic E-state index is 14.0. The van der Waals surface area contributed by atoms with E-state index in [-0.39, 0.29) is 28.7 Å². The minimum atomic E-state index is -4.84. The number of anilines is 2. The molecule has 0 aliphatic rings. The topological polar surface area (TPSA) is 76.0 Å². The van der Waals surface area contributed by atoms with E-state index in [1.54, 1.807) is 31.2 Å². The van der Waals surface area contributed by atoms with Gasteiger partial charge in [-0.05, 0) is 48.2 Å². The van der Waals surface area contributed by atoms with Crippen LogP contribution in [0.5, 0.6) is 0 Å². The van der Waals surface area contributed by atoms with Crippen molar-refractivity contribution in [2.24, 2.45) is 5.92 Å². The molecule has 6 nitrogen and oxygen atoms in total. The van der Waals surface area contributed by atoms with Crippen molar-refractivity contribution in [3.8, 4) is 5.69 Å². The summed E-state index contributed by atoms with van der Waals surface area (Å²) in [6.45, 7) is 5.76. The molecule has 10 heteroatoms. The Morgan fingerprint density at radius 3 is 2.24 bits per heavy atom. The van der Waals surface area contributed by atoms with Crippen LogP contribution in [0.3, 0.4) is 0 Å². The van der Waals surface area contributed by atoms with Crippen molar-refractivity contribution in [3.05, 3.63) is 70.5 Å². The number of alkyl halides is 3. The highest BCUT2D eigenvalue weighted by Crippen LogP contribution is 2.34. The first kappa shape index (κ1) is 25.3. The van der Waals surface area contributed by atoms with Gasteiger partial charge in [-0.25, -0.2) is 4.68 Å². The Hall–Kier alpha value is -3.33. The predicted octanol–water partition coefficient (Wildman–Crippen LogP) is 6.34. The Morgan fingerprint density at radius 2 is 1.68 bits per heavy atom. The third-order valence-electron chi connectivity index (χ3n) is 4.87. The van der Waals surface area contributed by atoms with E-state index < -0.39 is 23.3 Å². The molecule has 0 unspecified atom stereocenters. The third-order valence-corrected chi connectivity index (χ3v) is 5.09. The van der Waals surface area contributed by atoms with Crippen LogP contribution in [0.25, 0.3) is 5.69 Å². The smallest absolute Gasteiger partial charge is 0.326 e. The molecular weight excluding hydrogens is 469 g/mol. The Balaban J connectivity index is 1.93. The quantitative estimate of drug-likeness (QED) is 0.404. The van der Waals surface area contributed by atoms with Gasteiger partial charge in [0.05, 0.1) is 17.4 Å². The van der Waals surface area contributed by atoms with Gasteiger partial charge in [0.15, 0.2) is 5.69 Å². The molecule has 0 aliphatic carbocycles. The molecule has 3 rings (SSSR count). The van der Waals surface area contributed by atoms with Gasteiger partial charge >= 0.3 is 6.18 Å². The van der Waals surface area contributed by atoms with Gasteiger partial charge in [0, 0.05) is 22.8 Å². The van der Waals surface area contributed by atoms with Crippen LogP contribution in [0, 0.1) is 5.92 Å². The summed E-state index contributed by atoms with van der Waals surface area (Å²) in [6, 6.07) is 10.8. The van der Waals surface area contributed by atoms with Crippen LogP contribution in [0.1, 0.15) is 48.8 Å². The molecule has 3 aromatic rings. The van der Waals surface area contributed by atoms with Gasteiger partial charge in [0.1, 0.15) is 0 Å². The second kappa shape index (κ2) is 10.3. The Labute approximate surface area is 200 Å². The van der Waals surface area contributed by atoms with Crippen LogP contribution in [0.4, 0.5) is 24.5 Å². The van der Waals surface area contributed by atoms with E-state index >= 15 is 0 Å². The molecule has 0 atom stereocenters. The SMILES string of the molecule is CCC(=O)Nc1cc(Cl)cc(NC(=O)c2cnn(-c3ccc(CC(C)C)cc3)c2C(F)(F)F)c1. The van der Waals surface area contributed by atoms with Crippen molar-refractivity contribution in [3.63, 3.8) is 0 Å². The van der Waals surface area contributed by atoms with Crippen molar-refractivity contribution >= 4 is 34.8 Å². The minimum Gasteiger partial charge on any atom is -0.326 e. The van der Waals surface area contributed by atoms with E-state index in [2.05, 4.69) is 29.6 Å². The number of rotatable bonds is 7. The molecule has 0 bridgehead atoms. The zero-order valence-electron chi connectivity index (χ0n) is 18.8. The number of carbonyl (C=O) groups excluding carboxylic acids is 2. The normalized spacial score (nSPS) is 11.5. The molecule has 0 radical (unpaired) electrons. The molecule has 34 heavy (non-hydrogen) atoms. The van der Waals surface area contributed by atoms with E-state index in [9.17, 15) is 22.8 Å². The standard InChI is InChI=1S/C24H24ClF3N4O2/c1-4-21(33)30-17-10-16(25)11-18(12-17)31-23(34)20-13-29-32(22(20)24(26,27)28)19-7-5-15(6-8-19)9-14(2)3/h5-8,10-14H,4,9H2,1-3H3,(H,30,33)(H,31,34). The molecule has 0 spiro atoms. The Kier molecular flexibility index (Phi) is 7.66. The molecule has 1 aromatic heterocycles. The predicted molar refractivity (Wildman–Crippen MR) is 125 cm³/mol. The number of halogens is 4. The maximum Gasteiger partial charge on any atom is 0.434 e. The molecule has 0 saturated carbocycles. The second-order valence-electron chi connectivity index (χ2n) is 8.17. The number of carbonyl (C=O) groups is 2. The molecule has 2 N–H and O–H groups in total. The minimum absolute atomic E-state index is 0.128. The summed E-state index contributed by atoms with van der Waals surface area (Å²) in [4.78, 5) is 24.4. The zero-order valence-corrected chi connectivity index (χ0v) is 19.6. The second-order valence-corrected chi connectivity index (χ2v) is 8.60. The Bertz CT molecular complexity index is 1190. The van der Waals surface area contributed by atoms with E-state index in [0.29, 0.717) is 16.3 Å². The summed E-state index contributed by atoms with van der Waals surface area (Å²) in [5.74, 6) is -0.886. The summed E-state index contributed by atoms with van der Waals surface area (Å²) in [7, 11) is 0. The number of amides is 2. The molecular formula is C24H24ClF3N4O2. The van der Waals surface area contributed by atoms with Gasteiger partial charge in [-0.3, -0.25) is 9.59 Å². The Morgan fingerprint density at radius 1 is 1.06 bits per heavy atom. The van der Waals surface area contributed by atoms with Crippen molar-refractivity contribution in [1.29, 1.82) is 0 Å². The van der Waals surface area contributed by atoms with Gasteiger partial charge in [-0.2, -0.15) is 18.3 Å². The highest BCUT2D eigenvalue weighted by molar-refractivity contribution is 6.31. The van der Waals surface area contributed by atoms with Crippen molar-refractivity contribution in [2.75, 3.05) is 10.6 Å². The van der Waals surface area contributed by atoms with Crippen LogP contribution in [0.15, 0.2) is 48.7 Å². The van der Waals surface area contributed by atoms with Gasteiger partial charge in [0.25, 0.3) is 5.91 Å². The van der Waals surface area contributed by atoms with E-state index in [0.717, 1.165) is 18.2 Å². The van der Waals surface area contributed by atoms with Crippen molar-refractivity contribution < 1.29 is 22.8 Å². The average molecular weight is 493 g/mol. The van der Waals surface area contributed by atoms with Crippen LogP contribution in [-0.2, 0) is 17.4 Å². The van der Waals surface area contributed by atoms with Crippen LogP contribution >= 0.6 is 11.6 Å². The van der Waals surface area contributed by atoms with Gasteiger partial charge < -0.3 is 10.6 Å². The first-order chi connectivity index (χ1) is 16.0. The van der Waals surface area contributed by atoms with Crippen molar-refractivity contribution in [2.45, 2.75) is 39.8 Å². The molecule has 0 saturated heterocycles. The van der Waals surface area contributed by atoms with Gasteiger partial charge in [-0.15, -0.1) is 0 Å². The lowest BCUT2D eigenvalue weighted by Crippen LogP contribution is -2.21. The first-order valence-corrected chi connectivity index (χ1v) is 11.0. The molecule has 1 heterocycles. The number of nitrogens with one attached hydrogen (secondary N) is 2. The molecule has 2 aromatic carbocycles. The highest BCUT2D eigenvalue weighted by Gasteiger charge is 2.40. The zero-order chi connectivity index (χ0) is 25.0. The largest absolute Gasteiger partial charge is 0.434 e. The first-order valence-electron chi connectivity index (χ1n) is 10.6. The number of hydrogen-bond donors (Lipinski definition) is 2.